The molecule has 0 unspecified atom stereocenters. The highest BCUT2D eigenvalue weighted by Gasteiger charge is 2.34. The lowest BCUT2D eigenvalue weighted by molar-refractivity contribution is 0.138. The third-order valence-corrected chi connectivity index (χ3v) is 5.08. The molecule has 0 amide bonds. The Bertz CT molecular complexity index is 1040. The number of hydrogen-bond acceptors (Lipinski definition) is 5. The number of aromatic nitrogens is 5. The van der Waals surface area contributed by atoms with Crippen molar-refractivity contribution in [2.24, 2.45) is 5.92 Å². The van der Waals surface area contributed by atoms with Gasteiger partial charge in [-0.25, -0.2) is 15.0 Å². The number of para-hydroxylation sites is 2. The molecule has 0 radical (unpaired) electrons. The summed E-state index contributed by atoms with van der Waals surface area (Å²) < 4.78 is 2.02. The van der Waals surface area contributed by atoms with Gasteiger partial charge in [0.15, 0.2) is 5.82 Å². The van der Waals surface area contributed by atoms with Crippen molar-refractivity contribution in [2.45, 2.75) is 18.8 Å². The number of H-pyrrole nitrogens is 1. The van der Waals surface area contributed by atoms with Gasteiger partial charge in [0.1, 0.15) is 22.9 Å². The Morgan fingerprint density at radius 1 is 1.24 bits per heavy atom. The topological polar surface area (TPSA) is 105 Å². The van der Waals surface area contributed by atoms with Gasteiger partial charge in [0.05, 0.1) is 11.0 Å². The number of nitrogens with two attached hydrogens (primary N) is 1. The predicted molar refractivity (Wildman–Crippen MR) is 95.0 cm³/mol. The number of fused-ring (bicyclic) bond motifs is 2. The van der Waals surface area contributed by atoms with Crippen LogP contribution in [0.15, 0.2) is 36.7 Å². The van der Waals surface area contributed by atoms with Crippen molar-refractivity contribution >= 4 is 22.4 Å². The standard InChI is InChI=1S/C18H18N6O/c19-16-15-14(17-21-12-3-1-2-4-13(12)22-17)23-18(24(15)6-5-20-16)11-7-10(8-11)9-25/h1-6,10-11,25H,7-9H2,(H2,19,20)(H,21,22). The van der Waals surface area contributed by atoms with Gasteiger partial charge < -0.3 is 15.8 Å². The molecule has 0 spiro atoms. The third-order valence-electron chi connectivity index (χ3n) is 5.08. The molecule has 0 saturated heterocycles. The molecule has 0 atom stereocenters. The molecule has 1 aliphatic rings. The van der Waals surface area contributed by atoms with Crippen LogP contribution in [0.1, 0.15) is 24.6 Å². The van der Waals surface area contributed by atoms with Crippen LogP contribution in [0, 0.1) is 5.92 Å². The van der Waals surface area contributed by atoms with Gasteiger partial charge in [-0.05, 0) is 30.9 Å². The number of aliphatic hydroxyl groups is 1. The van der Waals surface area contributed by atoms with Crippen LogP contribution >= 0.6 is 0 Å². The lowest BCUT2D eigenvalue weighted by Gasteiger charge is -2.32. The molecule has 4 N–H and O–H groups in total. The first-order valence-corrected chi connectivity index (χ1v) is 8.43. The number of imidazole rings is 2. The van der Waals surface area contributed by atoms with E-state index in [1.807, 2.05) is 34.9 Å². The number of anilines is 1. The van der Waals surface area contributed by atoms with Crippen LogP contribution in [0.5, 0.6) is 0 Å². The quantitative estimate of drug-likeness (QED) is 0.533. The fourth-order valence-electron chi connectivity index (χ4n) is 3.70. The molecule has 1 aromatic carbocycles. The molecule has 1 fully saturated rings. The van der Waals surface area contributed by atoms with E-state index in [9.17, 15) is 5.11 Å². The minimum Gasteiger partial charge on any atom is -0.396 e. The minimum atomic E-state index is 0.236. The number of benzene rings is 1. The lowest BCUT2D eigenvalue weighted by atomic mass is 9.75. The minimum absolute atomic E-state index is 0.236. The summed E-state index contributed by atoms with van der Waals surface area (Å²) in [6.45, 7) is 0.236. The molecule has 7 heteroatoms. The molecule has 1 saturated carbocycles. The van der Waals surface area contributed by atoms with E-state index in [4.69, 9.17) is 10.7 Å². The normalized spacial score (nSPS) is 20.2. The number of nitrogens with one attached hydrogen (secondary N) is 1. The van der Waals surface area contributed by atoms with E-state index in [-0.39, 0.29) is 6.61 Å². The van der Waals surface area contributed by atoms with E-state index in [1.165, 1.54) is 0 Å². The van der Waals surface area contributed by atoms with Crippen molar-refractivity contribution in [2.75, 3.05) is 12.3 Å². The molecule has 3 aromatic heterocycles. The molecule has 7 nitrogen and oxygen atoms in total. The van der Waals surface area contributed by atoms with E-state index in [0.29, 0.717) is 23.5 Å². The van der Waals surface area contributed by atoms with Crippen LogP contribution in [0.3, 0.4) is 0 Å². The maximum Gasteiger partial charge on any atom is 0.159 e. The maximum absolute atomic E-state index is 9.30. The molecule has 4 aromatic rings. The van der Waals surface area contributed by atoms with Gasteiger partial charge in [-0.2, -0.15) is 0 Å². The number of nitrogens with zero attached hydrogens (tertiary/aromatic N) is 4. The van der Waals surface area contributed by atoms with E-state index in [0.717, 1.165) is 40.9 Å². The summed E-state index contributed by atoms with van der Waals surface area (Å²) >= 11 is 0. The first-order valence-electron chi connectivity index (χ1n) is 8.43. The maximum atomic E-state index is 9.30. The highest BCUT2D eigenvalue weighted by molar-refractivity contribution is 5.87. The van der Waals surface area contributed by atoms with Gasteiger partial charge in [-0.1, -0.05) is 12.1 Å². The lowest BCUT2D eigenvalue weighted by Crippen LogP contribution is -2.26. The van der Waals surface area contributed by atoms with Crippen LogP contribution < -0.4 is 5.73 Å². The van der Waals surface area contributed by atoms with Gasteiger partial charge in [0.25, 0.3) is 0 Å². The van der Waals surface area contributed by atoms with Crippen molar-refractivity contribution in [3.63, 3.8) is 0 Å². The molecule has 0 bridgehead atoms. The summed E-state index contributed by atoms with van der Waals surface area (Å²) in [6, 6.07) is 7.89. The average molecular weight is 334 g/mol. The van der Waals surface area contributed by atoms with Crippen molar-refractivity contribution in [3.8, 4) is 11.5 Å². The first kappa shape index (κ1) is 14.4. The summed E-state index contributed by atoms with van der Waals surface area (Å²) in [4.78, 5) is 17.1. The summed E-state index contributed by atoms with van der Waals surface area (Å²) in [7, 11) is 0. The van der Waals surface area contributed by atoms with Crippen LogP contribution in [-0.4, -0.2) is 36.1 Å². The third kappa shape index (κ3) is 2.12. The summed E-state index contributed by atoms with van der Waals surface area (Å²) in [5.74, 6) is 2.79. The Balaban J connectivity index is 1.70. The fraction of sp³-hybridized carbons (Fsp3) is 0.278. The molecular formula is C18H18N6O. The number of rotatable bonds is 3. The van der Waals surface area contributed by atoms with Crippen LogP contribution in [0.25, 0.3) is 28.1 Å². The van der Waals surface area contributed by atoms with E-state index >= 15 is 0 Å². The zero-order valence-electron chi connectivity index (χ0n) is 13.6. The monoisotopic (exact) mass is 334 g/mol. The van der Waals surface area contributed by atoms with E-state index in [2.05, 4.69) is 15.0 Å². The molecule has 25 heavy (non-hydrogen) atoms. The second-order valence-electron chi connectivity index (χ2n) is 6.67. The summed E-state index contributed by atoms with van der Waals surface area (Å²) in [5, 5.41) is 9.30. The van der Waals surface area contributed by atoms with Crippen molar-refractivity contribution < 1.29 is 5.11 Å². The fourth-order valence-corrected chi connectivity index (χ4v) is 3.70. The number of aliphatic hydroxyl groups excluding tert-OH is 1. The Labute approximate surface area is 143 Å². The molecule has 3 heterocycles. The number of hydrogen-bond donors (Lipinski definition) is 3. The first-order chi connectivity index (χ1) is 12.2. The van der Waals surface area contributed by atoms with Crippen molar-refractivity contribution in [1.82, 2.24) is 24.3 Å². The van der Waals surface area contributed by atoms with Crippen molar-refractivity contribution in [1.29, 1.82) is 0 Å². The highest BCUT2D eigenvalue weighted by Crippen LogP contribution is 2.42. The van der Waals surface area contributed by atoms with Gasteiger partial charge in [-0.15, -0.1) is 0 Å². The number of aromatic amines is 1. The van der Waals surface area contributed by atoms with Crippen molar-refractivity contribution in [3.05, 3.63) is 42.5 Å². The van der Waals surface area contributed by atoms with Crippen LogP contribution in [0.2, 0.25) is 0 Å². The molecule has 1 aliphatic carbocycles. The second kappa shape index (κ2) is 5.29. The van der Waals surface area contributed by atoms with Gasteiger partial charge in [0, 0.05) is 24.9 Å². The van der Waals surface area contributed by atoms with Gasteiger partial charge in [0.2, 0.25) is 0 Å². The van der Waals surface area contributed by atoms with E-state index < -0.39 is 0 Å². The average Bonchev–Trinajstić information content (AvgIpc) is 3.16. The van der Waals surface area contributed by atoms with Gasteiger partial charge >= 0.3 is 0 Å². The Morgan fingerprint density at radius 3 is 2.88 bits per heavy atom. The van der Waals surface area contributed by atoms with Gasteiger partial charge in [-0.3, -0.25) is 4.40 Å². The Hall–Kier alpha value is -2.93. The van der Waals surface area contributed by atoms with Crippen LogP contribution in [-0.2, 0) is 0 Å². The number of nitrogen functional groups attached to an aromatic ring is 1. The molecule has 126 valence electrons. The zero-order valence-corrected chi connectivity index (χ0v) is 13.6. The molecular weight excluding hydrogens is 316 g/mol. The molecule has 5 rings (SSSR count). The van der Waals surface area contributed by atoms with E-state index in [1.54, 1.807) is 6.20 Å². The predicted octanol–water partition coefficient (Wildman–Crippen LogP) is 2.34. The smallest absolute Gasteiger partial charge is 0.159 e. The largest absolute Gasteiger partial charge is 0.396 e. The molecule has 0 aliphatic heterocycles. The SMILES string of the molecule is Nc1nccn2c(C3CC(CO)C3)nc(-c3nc4ccccc4[nH]3)c12. The summed E-state index contributed by atoms with van der Waals surface area (Å²) in [6.07, 6.45) is 5.47. The highest BCUT2D eigenvalue weighted by atomic mass is 16.3. The Morgan fingerprint density at radius 2 is 2.08 bits per heavy atom. The second-order valence-corrected chi connectivity index (χ2v) is 6.67. The zero-order chi connectivity index (χ0) is 17.0. The Kier molecular flexibility index (Phi) is 3.05. The summed E-state index contributed by atoms with van der Waals surface area (Å²) in [5.41, 5.74) is 9.53. The van der Waals surface area contributed by atoms with Crippen LogP contribution in [0.4, 0.5) is 5.82 Å².